The maximum absolute atomic E-state index is 11.7. The van der Waals surface area contributed by atoms with Crippen molar-refractivity contribution >= 4 is 5.97 Å². The van der Waals surface area contributed by atoms with E-state index in [-0.39, 0.29) is 11.6 Å². The van der Waals surface area contributed by atoms with E-state index in [1.807, 2.05) is 6.08 Å². The topological polar surface area (TPSA) is 38.8 Å². The van der Waals surface area contributed by atoms with E-state index < -0.39 is 0 Å². The summed E-state index contributed by atoms with van der Waals surface area (Å²) in [6.07, 6.45) is 5.79. The van der Waals surface area contributed by atoms with E-state index in [4.69, 9.17) is 9.47 Å². The number of methoxy groups -OCH3 is 1. The van der Waals surface area contributed by atoms with E-state index in [1.165, 1.54) is 13.5 Å². The van der Waals surface area contributed by atoms with Gasteiger partial charge in [-0.05, 0) is 31.1 Å². The molecule has 0 radical (unpaired) electrons. The second-order valence-electron chi connectivity index (χ2n) is 4.96. The Morgan fingerprint density at radius 3 is 3.07 bits per heavy atom. The Morgan fingerprint density at radius 1 is 1.60 bits per heavy atom. The van der Waals surface area contributed by atoms with Gasteiger partial charge in [0.25, 0.3) is 0 Å². The maximum Gasteiger partial charge on any atom is 0.336 e. The molecule has 4 atom stereocenters. The zero-order chi connectivity index (χ0) is 10.6. The van der Waals surface area contributed by atoms with Crippen LogP contribution in [0.15, 0.2) is 11.6 Å². The van der Waals surface area contributed by atoms with Gasteiger partial charge in [0.1, 0.15) is 5.60 Å². The summed E-state index contributed by atoms with van der Waals surface area (Å²) in [6, 6.07) is 0. The third-order valence-corrected chi connectivity index (χ3v) is 4.08. The smallest absolute Gasteiger partial charge is 0.336 e. The van der Waals surface area contributed by atoms with Gasteiger partial charge in [0.05, 0.1) is 18.8 Å². The minimum Gasteiger partial charge on any atom is -0.466 e. The van der Waals surface area contributed by atoms with Crippen LogP contribution in [-0.4, -0.2) is 24.8 Å². The van der Waals surface area contributed by atoms with Crippen molar-refractivity contribution < 1.29 is 14.3 Å². The maximum atomic E-state index is 11.7. The quantitative estimate of drug-likeness (QED) is 0.486. The first-order valence-corrected chi connectivity index (χ1v) is 5.67. The summed E-state index contributed by atoms with van der Waals surface area (Å²) in [5.41, 5.74) is 0.552. The van der Waals surface area contributed by atoms with Crippen LogP contribution in [0.1, 0.15) is 26.2 Å². The van der Waals surface area contributed by atoms with Crippen molar-refractivity contribution in [1.82, 2.24) is 0 Å². The van der Waals surface area contributed by atoms with Crippen LogP contribution in [0.4, 0.5) is 0 Å². The first-order chi connectivity index (χ1) is 7.18. The van der Waals surface area contributed by atoms with Crippen LogP contribution in [0.3, 0.4) is 0 Å². The fourth-order valence-corrected chi connectivity index (χ4v) is 3.42. The van der Waals surface area contributed by atoms with E-state index in [9.17, 15) is 4.79 Å². The van der Waals surface area contributed by atoms with Crippen LogP contribution in [0.5, 0.6) is 0 Å². The number of carbonyl (C=O) groups excluding carboxylic acids is 1. The van der Waals surface area contributed by atoms with E-state index in [0.717, 1.165) is 18.4 Å². The number of rotatable bonds is 1. The molecule has 3 heteroatoms. The Kier molecular flexibility index (Phi) is 1.78. The molecule has 1 saturated heterocycles. The van der Waals surface area contributed by atoms with Crippen LogP contribution < -0.4 is 0 Å². The van der Waals surface area contributed by atoms with Gasteiger partial charge in [-0.3, -0.25) is 0 Å². The minimum absolute atomic E-state index is 0.198. The summed E-state index contributed by atoms with van der Waals surface area (Å²) in [5, 5.41) is 0. The van der Waals surface area contributed by atoms with E-state index in [1.54, 1.807) is 0 Å². The van der Waals surface area contributed by atoms with Crippen molar-refractivity contribution in [3.05, 3.63) is 11.6 Å². The molecule has 0 N–H and O–H groups in total. The molecule has 0 aromatic heterocycles. The molecule has 0 amide bonds. The summed E-state index contributed by atoms with van der Waals surface area (Å²) in [4.78, 5) is 11.7. The van der Waals surface area contributed by atoms with Crippen molar-refractivity contribution in [3.63, 3.8) is 0 Å². The number of esters is 1. The Hall–Kier alpha value is -0.830. The van der Waals surface area contributed by atoms with Crippen LogP contribution >= 0.6 is 0 Å². The predicted octanol–water partition coefficient (Wildman–Crippen LogP) is 1.67. The Balaban J connectivity index is 2.00. The molecule has 15 heavy (non-hydrogen) atoms. The summed E-state index contributed by atoms with van der Waals surface area (Å²) in [6.45, 7) is 2.16. The minimum atomic E-state index is -0.237. The monoisotopic (exact) mass is 208 g/mol. The zero-order valence-corrected chi connectivity index (χ0v) is 9.16. The van der Waals surface area contributed by atoms with E-state index >= 15 is 0 Å². The molecule has 82 valence electrons. The van der Waals surface area contributed by atoms with Gasteiger partial charge >= 0.3 is 5.97 Å². The first-order valence-electron chi connectivity index (χ1n) is 5.67. The standard InChI is InChI=1S/C12H16O3/c1-7-5-8-3-4-10-12(8,15-10)9(6-7)11(13)14-2/h6-8,10H,3-5H2,1-2H3/t7-,8+,10-,12-/m0/s1. The summed E-state index contributed by atoms with van der Waals surface area (Å²) in [5.74, 6) is 0.810. The molecule has 1 spiro atoms. The van der Waals surface area contributed by atoms with Gasteiger partial charge < -0.3 is 9.47 Å². The summed E-state index contributed by atoms with van der Waals surface area (Å²) >= 11 is 0. The highest BCUT2D eigenvalue weighted by atomic mass is 16.6. The zero-order valence-electron chi connectivity index (χ0n) is 9.16. The average molecular weight is 208 g/mol. The van der Waals surface area contributed by atoms with Gasteiger partial charge in [-0.1, -0.05) is 13.0 Å². The Morgan fingerprint density at radius 2 is 2.40 bits per heavy atom. The number of epoxide rings is 1. The predicted molar refractivity (Wildman–Crippen MR) is 54.2 cm³/mol. The molecule has 3 nitrogen and oxygen atoms in total. The lowest BCUT2D eigenvalue weighted by molar-refractivity contribution is -0.137. The Labute approximate surface area is 89.4 Å². The van der Waals surface area contributed by atoms with Crippen LogP contribution in [0, 0.1) is 11.8 Å². The number of hydrogen-bond donors (Lipinski definition) is 0. The van der Waals surface area contributed by atoms with Gasteiger partial charge in [-0.15, -0.1) is 0 Å². The molecule has 0 unspecified atom stereocenters. The number of carbonyl (C=O) groups is 1. The number of hydrogen-bond acceptors (Lipinski definition) is 3. The van der Waals surface area contributed by atoms with Crippen molar-refractivity contribution in [2.75, 3.05) is 7.11 Å². The molecule has 0 bridgehead atoms. The largest absolute Gasteiger partial charge is 0.466 e. The summed E-state index contributed by atoms with van der Waals surface area (Å²) in [7, 11) is 1.44. The average Bonchev–Trinajstić information content (AvgIpc) is 2.85. The lowest BCUT2D eigenvalue weighted by Crippen LogP contribution is -2.34. The third kappa shape index (κ3) is 1.07. The van der Waals surface area contributed by atoms with E-state index in [0.29, 0.717) is 17.9 Å². The number of ether oxygens (including phenoxy) is 2. The fraction of sp³-hybridized carbons (Fsp3) is 0.750. The molecule has 2 aliphatic carbocycles. The van der Waals surface area contributed by atoms with Crippen LogP contribution in [0.25, 0.3) is 0 Å². The molecular formula is C12H16O3. The van der Waals surface area contributed by atoms with Crippen LogP contribution in [0.2, 0.25) is 0 Å². The normalized spacial score (nSPS) is 46.5. The van der Waals surface area contributed by atoms with Gasteiger partial charge in [-0.25, -0.2) is 4.79 Å². The highest BCUT2D eigenvalue weighted by molar-refractivity contribution is 5.92. The fourth-order valence-electron chi connectivity index (χ4n) is 3.42. The Bertz CT molecular complexity index is 347. The molecule has 0 aromatic rings. The summed E-state index contributed by atoms with van der Waals surface area (Å²) < 4.78 is 10.6. The van der Waals surface area contributed by atoms with Crippen molar-refractivity contribution in [2.45, 2.75) is 37.9 Å². The lowest BCUT2D eigenvalue weighted by Gasteiger charge is -2.29. The van der Waals surface area contributed by atoms with Gasteiger partial charge in [0, 0.05) is 0 Å². The molecule has 3 aliphatic rings. The number of allylic oxidation sites excluding steroid dienone is 1. The first kappa shape index (κ1) is 9.40. The van der Waals surface area contributed by atoms with Crippen molar-refractivity contribution in [2.24, 2.45) is 11.8 Å². The van der Waals surface area contributed by atoms with Crippen LogP contribution in [-0.2, 0) is 14.3 Å². The molecule has 1 saturated carbocycles. The highest BCUT2D eigenvalue weighted by Gasteiger charge is 2.69. The second-order valence-corrected chi connectivity index (χ2v) is 4.96. The van der Waals surface area contributed by atoms with E-state index in [2.05, 4.69) is 6.92 Å². The third-order valence-electron chi connectivity index (χ3n) is 4.08. The molecular weight excluding hydrogens is 192 g/mol. The second kappa shape index (κ2) is 2.85. The molecule has 0 aromatic carbocycles. The van der Waals surface area contributed by atoms with Crippen molar-refractivity contribution in [1.29, 1.82) is 0 Å². The molecule has 3 rings (SSSR count). The SMILES string of the molecule is COC(=O)C1=C[C@@H](C)C[C@H]2CC[C@@H]3O[C@]123. The van der Waals surface area contributed by atoms with Gasteiger partial charge in [-0.2, -0.15) is 0 Å². The van der Waals surface area contributed by atoms with Crippen molar-refractivity contribution in [3.8, 4) is 0 Å². The molecule has 1 aliphatic heterocycles. The highest BCUT2D eigenvalue weighted by Crippen LogP contribution is 2.61. The van der Waals surface area contributed by atoms with Gasteiger partial charge in [0.15, 0.2) is 0 Å². The molecule has 2 fully saturated rings. The molecule has 1 heterocycles. The van der Waals surface area contributed by atoms with Gasteiger partial charge in [0.2, 0.25) is 0 Å². The lowest BCUT2D eigenvalue weighted by atomic mass is 9.75.